The van der Waals surface area contributed by atoms with Crippen molar-refractivity contribution >= 4 is 64.0 Å². The van der Waals surface area contributed by atoms with E-state index in [9.17, 15) is 0 Å². The number of benzene rings is 9. The molecule has 0 radical (unpaired) electrons. The molecule has 3 nitrogen and oxygen atoms in total. The summed E-state index contributed by atoms with van der Waals surface area (Å²) in [5, 5.41) is 8.51. The van der Waals surface area contributed by atoms with Gasteiger partial charge in [0.25, 0.3) is 0 Å². The van der Waals surface area contributed by atoms with Crippen LogP contribution < -0.4 is 0 Å². The molecule has 0 saturated heterocycles. The fourth-order valence-electron chi connectivity index (χ4n) is 8.91. The highest BCUT2D eigenvalue weighted by Crippen LogP contribution is 2.46. The molecule has 284 valence electrons. The Labute approximate surface area is 356 Å². The molecule has 61 heavy (non-hydrogen) atoms. The molecular formula is C57H35N3S. The number of nitrogens with zero attached hydrogens (tertiary/aromatic N) is 3. The third kappa shape index (κ3) is 6.07. The van der Waals surface area contributed by atoms with Crippen molar-refractivity contribution < 1.29 is 0 Å². The lowest BCUT2D eigenvalue weighted by Crippen LogP contribution is -1.96. The Morgan fingerprint density at radius 1 is 0.328 bits per heavy atom. The minimum absolute atomic E-state index is 0.684. The van der Waals surface area contributed by atoms with Gasteiger partial charge in [0.05, 0.1) is 22.6 Å². The monoisotopic (exact) mass is 793 g/mol. The van der Waals surface area contributed by atoms with Crippen LogP contribution in [0.15, 0.2) is 212 Å². The Morgan fingerprint density at radius 3 is 1.62 bits per heavy atom. The highest BCUT2D eigenvalue weighted by molar-refractivity contribution is 7.26. The van der Waals surface area contributed by atoms with Crippen molar-refractivity contribution in [1.29, 1.82) is 0 Å². The van der Waals surface area contributed by atoms with Crippen LogP contribution in [-0.4, -0.2) is 15.0 Å². The van der Waals surface area contributed by atoms with Gasteiger partial charge >= 0.3 is 0 Å². The SMILES string of the molecule is c1ccc(-c2ccc(-c3cc(-c4ccccc4)nc(-c4ccc(-c5cccc6c5nc(-c5cc7ccccc7c7ccccc57)c5c7ccccc7sc65)cc4)n3)cc2)cc1. The number of hydrogen-bond donors (Lipinski definition) is 0. The number of para-hydroxylation sites is 1. The number of pyridine rings is 1. The maximum Gasteiger partial charge on any atom is 0.160 e. The molecule has 0 amide bonds. The van der Waals surface area contributed by atoms with Gasteiger partial charge in [-0.15, -0.1) is 11.3 Å². The van der Waals surface area contributed by atoms with Crippen LogP contribution in [-0.2, 0) is 0 Å². The molecule has 0 aliphatic rings. The molecule has 4 heteroatoms. The molecule has 0 aliphatic heterocycles. The molecule has 0 unspecified atom stereocenters. The maximum atomic E-state index is 5.71. The summed E-state index contributed by atoms with van der Waals surface area (Å²) in [7, 11) is 0. The van der Waals surface area contributed by atoms with Gasteiger partial charge in [-0.05, 0) is 56.4 Å². The smallest absolute Gasteiger partial charge is 0.160 e. The third-order valence-electron chi connectivity index (χ3n) is 11.9. The van der Waals surface area contributed by atoms with Crippen molar-refractivity contribution in [2.75, 3.05) is 0 Å². The zero-order valence-electron chi connectivity index (χ0n) is 33.0. The average molecular weight is 794 g/mol. The summed E-state index contributed by atoms with van der Waals surface area (Å²) in [6, 6.07) is 75.4. The van der Waals surface area contributed by atoms with E-state index in [0.717, 1.165) is 61.4 Å². The summed E-state index contributed by atoms with van der Waals surface area (Å²) in [6.45, 7) is 0. The Kier molecular flexibility index (Phi) is 8.36. The van der Waals surface area contributed by atoms with Crippen LogP contribution in [0, 0.1) is 0 Å². The molecule has 0 atom stereocenters. The van der Waals surface area contributed by atoms with E-state index in [1.165, 1.54) is 52.8 Å². The van der Waals surface area contributed by atoms with Crippen LogP contribution in [0.5, 0.6) is 0 Å². The zero-order valence-corrected chi connectivity index (χ0v) is 33.8. The minimum Gasteiger partial charge on any atom is -0.246 e. The number of hydrogen-bond acceptors (Lipinski definition) is 4. The predicted molar refractivity (Wildman–Crippen MR) is 258 cm³/mol. The Bertz CT molecular complexity index is 3610. The van der Waals surface area contributed by atoms with Crippen LogP contribution >= 0.6 is 11.3 Å². The fourth-order valence-corrected chi connectivity index (χ4v) is 10.1. The van der Waals surface area contributed by atoms with Crippen molar-refractivity contribution in [2.45, 2.75) is 0 Å². The van der Waals surface area contributed by atoms with Gasteiger partial charge in [-0.25, -0.2) is 15.0 Å². The first kappa shape index (κ1) is 35.2. The molecule has 12 aromatic rings. The van der Waals surface area contributed by atoms with Gasteiger partial charge in [-0.3, -0.25) is 0 Å². The van der Waals surface area contributed by atoms with Crippen molar-refractivity contribution in [3.8, 4) is 67.4 Å². The normalized spacial score (nSPS) is 11.6. The summed E-state index contributed by atoms with van der Waals surface area (Å²) in [4.78, 5) is 16.0. The van der Waals surface area contributed by atoms with E-state index in [4.69, 9.17) is 15.0 Å². The summed E-state index contributed by atoms with van der Waals surface area (Å²) in [6.07, 6.45) is 0. The van der Waals surface area contributed by atoms with Gasteiger partial charge < -0.3 is 0 Å². The first-order valence-electron chi connectivity index (χ1n) is 20.6. The number of thiophene rings is 1. The highest BCUT2D eigenvalue weighted by Gasteiger charge is 2.21. The van der Waals surface area contributed by atoms with Crippen LogP contribution in [0.1, 0.15) is 0 Å². The van der Waals surface area contributed by atoms with Crippen LogP contribution in [0.25, 0.3) is 120 Å². The average Bonchev–Trinajstić information content (AvgIpc) is 3.74. The first-order valence-corrected chi connectivity index (χ1v) is 21.4. The van der Waals surface area contributed by atoms with Gasteiger partial charge in [0.2, 0.25) is 0 Å². The van der Waals surface area contributed by atoms with E-state index >= 15 is 0 Å². The van der Waals surface area contributed by atoms with Gasteiger partial charge in [-0.1, -0.05) is 194 Å². The van der Waals surface area contributed by atoms with E-state index in [1.807, 2.05) is 23.5 Å². The number of aromatic nitrogens is 3. The first-order chi connectivity index (χ1) is 30.2. The van der Waals surface area contributed by atoms with Crippen LogP contribution in [0.3, 0.4) is 0 Å². The van der Waals surface area contributed by atoms with Crippen molar-refractivity contribution in [3.05, 3.63) is 212 Å². The van der Waals surface area contributed by atoms with E-state index in [2.05, 4.69) is 200 Å². The summed E-state index contributed by atoms with van der Waals surface area (Å²) < 4.78 is 2.52. The second kappa shape index (κ2) is 14.5. The molecule has 0 aliphatic carbocycles. The minimum atomic E-state index is 0.684. The van der Waals surface area contributed by atoms with Crippen LogP contribution in [0.2, 0.25) is 0 Å². The van der Waals surface area contributed by atoms with Gasteiger partial charge in [-0.2, -0.15) is 0 Å². The number of rotatable bonds is 6. The third-order valence-corrected chi connectivity index (χ3v) is 13.1. The van der Waals surface area contributed by atoms with Crippen LogP contribution in [0.4, 0.5) is 0 Å². The summed E-state index contributed by atoms with van der Waals surface area (Å²) >= 11 is 1.85. The molecule has 3 aromatic heterocycles. The molecule has 0 N–H and O–H groups in total. The second-order valence-electron chi connectivity index (χ2n) is 15.5. The van der Waals surface area contributed by atoms with E-state index in [1.54, 1.807) is 0 Å². The predicted octanol–water partition coefficient (Wildman–Crippen LogP) is 15.7. The topological polar surface area (TPSA) is 38.7 Å². The Hall–Kier alpha value is -7.79. The molecule has 3 heterocycles. The molecule has 0 saturated carbocycles. The standard InChI is InChI=1S/C57H35N3S/c1-3-14-36(15-4-1)37-26-30-40(31-27-37)51-35-50(39-16-5-2-6-17-39)58-57(59-51)41-32-28-38(29-33-41)44-23-13-24-48-54(44)60-55(53-47-22-11-12-25-52(47)61-56(48)53)49-34-42-18-7-8-19-43(42)45-20-9-10-21-46(45)49/h1-35H. The lowest BCUT2D eigenvalue weighted by atomic mass is 9.92. The van der Waals surface area contributed by atoms with Crippen molar-refractivity contribution in [2.24, 2.45) is 0 Å². The maximum absolute atomic E-state index is 5.71. The van der Waals surface area contributed by atoms with Gasteiger partial charge in [0.15, 0.2) is 5.82 Å². The summed E-state index contributed by atoms with van der Waals surface area (Å²) in [5.74, 6) is 0.684. The largest absolute Gasteiger partial charge is 0.246 e. The number of fused-ring (bicyclic) bond motifs is 8. The molecule has 0 fully saturated rings. The highest BCUT2D eigenvalue weighted by atomic mass is 32.1. The summed E-state index contributed by atoms with van der Waals surface area (Å²) in [5.41, 5.74) is 12.5. The van der Waals surface area contributed by atoms with Gasteiger partial charge in [0, 0.05) is 53.4 Å². The van der Waals surface area contributed by atoms with Crippen molar-refractivity contribution in [1.82, 2.24) is 15.0 Å². The molecule has 0 spiro atoms. The van der Waals surface area contributed by atoms with Crippen molar-refractivity contribution in [3.63, 3.8) is 0 Å². The lowest BCUT2D eigenvalue weighted by Gasteiger charge is -2.15. The Balaban J connectivity index is 1.01. The molecule has 0 bridgehead atoms. The molecular weight excluding hydrogens is 759 g/mol. The zero-order chi connectivity index (χ0) is 40.3. The van der Waals surface area contributed by atoms with E-state index in [0.29, 0.717) is 5.82 Å². The lowest BCUT2D eigenvalue weighted by molar-refractivity contribution is 1.18. The second-order valence-corrected chi connectivity index (χ2v) is 16.6. The molecule has 9 aromatic carbocycles. The quantitative estimate of drug-likeness (QED) is 0.157. The Morgan fingerprint density at radius 2 is 0.869 bits per heavy atom. The fraction of sp³-hybridized carbons (Fsp3) is 0. The van der Waals surface area contributed by atoms with E-state index in [-0.39, 0.29) is 0 Å². The molecule has 12 rings (SSSR count). The van der Waals surface area contributed by atoms with E-state index < -0.39 is 0 Å². The van der Waals surface area contributed by atoms with Gasteiger partial charge in [0.1, 0.15) is 0 Å².